The average molecular weight is 424 g/mol. The third-order valence-corrected chi connectivity index (χ3v) is 5.67. The predicted octanol–water partition coefficient (Wildman–Crippen LogP) is 4.85. The minimum Gasteiger partial charge on any atom is -0.496 e. The summed E-state index contributed by atoms with van der Waals surface area (Å²) in [5, 5.41) is 10.6. The zero-order valence-corrected chi connectivity index (χ0v) is 16.7. The van der Waals surface area contributed by atoms with Crippen molar-refractivity contribution in [1.29, 1.82) is 0 Å². The van der Waals surface area contributed by atoms with Crippen LogP contribution < -0.4 is 10.1 Å². The number of hydrogen-bond acceptors (Lipinski definition) is 5. The number of carbonyl (C=O) groups is 1. The number of anilines is 1. The first-order chi connectivity index (χ1) is 14.1. The molecule has 2 N–H and O–H groups in total. The van der Waals surface area contributed by atoms with Crippen molar-refractivity contribution in [2.45, 2.75) is 0 Å². The first-order valence-electron chi connectivity index (χ1n) is 8.70. The quantitative estimate of drug-likeness (QED) is 0.432. The number of ether oxygens (including phenoxy) is 1. The first kappa shape index (κ1) is 17.7. The Labute approximate surface area is 173 Å². The third-order valence-electron chi connectivity index (χ3n) is 4.54. The summed E-state index contributed by atoms with van der Waals surface area (Å²) in [5.41, 5.74) is 2.84. The number of hydrogen-bond donors (Lipinski definition) is 2. The molecule has 144 valence electrons. The highest BCUT2D eigenvalue weighted by molar-refractivity contribution is 7.15. The Morgan fingerprint density at radius 2 is 2.10 bits per heavy atom. The van der Waals surface area contributed by atoms with E-state index in [1.165, 1.54) is 11.3 Å². The number of H-pyrrole nitrogens is 1. The Balaban J connectivity index is 1.47. The van der Waals surface area contributed by atoms with Gasteiger partial charge in [0.1, 0.15) is 11.4 Å². The van der Waals surface area contributed by atoms with Crippen molar-refractivity contribution in [2.75, 3.05) is 12.4 Å². The second kappa shape index (κ2) is 6.91. The summed E-state index contributed by atoms with van der Waals surface area (Å²) in [6.07, 6.45) is 0. The predicted molar refractivity (Wildman–Crippen MR) is 114 cm³/mol. The van der Waals surface area contributed by atoms with Crippen LogP contribution >= 0.6 is 22.9 Å². The highest BCUT2D eigenvalue weighted by Gasteiger charge is 2.17. The van der Waals surface area contributed by atoms with Crippen molar-refractivity contribution in [3.05, 3.63) is 64.6 Å². The van der Waals surface area contributed by atoms with Gasteiger partial charge in [0.15, 0.2) is 0 Å². The van der Waals surface area contributed by atoms with Crippen LogP contribution in [0.25, 0.3) is 27.1 Å². The Bertz CT molecular complexity index is 1370. The number of rotatable bonds is 4. The molecule has 29 heavy (non-hydrogen) atoms. The maximum atomic E-state index is 12.7. The molecule has 0 aliphatic carbocycles. The zero-order valence-electron chi connectivity index (χ0n) is 15.1. The van der Waals surface area contributed by atoms with Crippen LogP contribution in [0.2, 0.25) is 5.02 Å². The topological polar surface area (TPSA) is 84.3 Å². The lowest BCUT2D eigenvalue weighted by Crippen LogP contribution is -2.13. The van der Waals surface area contributed by atoms with Gasteiger partial charge in [-0.3, -0.25) is 10.1 Å². The number of fused-ring (bicyclic) bond motifs is 2. The van der Waals surface area contributed by atoms with E-state index in [2.05, 4.69) is 20.4 Å². The molecule has 0 saturated heterocycles. The van der Waals surface area contributed by atoms with E-state index in [9.17, 15) is 4.79 Å². The van der Waals surface area contributed by atoms with E-state index in [1.807, 2.05) is 41.8 Å². The van der Waals surface area contributed by atoms with E-state index in [0.29, 0.717) is 15.7 Å². The number of nitrogens with zero attached hydrogens (tertiary/aromatic N) is 3. The van der Waals surface area contributed by atoms with Gasteiger partial charge < -0.3 is 9.72 Å². The maximum absolute atomic E-state index is 12.7. The number of para-hydroxylation sites is 2. The molecule has 7 nitrogen and oxygen atoms in total. The highest BCUT2D eigenvalue weighted by Crippen LogP contribution is 2.32. The van der Waals surface area contributed by atoms with E-state index in [-0.39, 0.29) is 11.9 Å². The van der Waals surface area contributed by atoms with E-state index >= 15 is 0 Å². The zero-order chi connectivity index (χ0) is 20.0. The normalized spacial score (nSPS) is 11.2. The molecule has 0 aliphatic heterocycles. The molecule has 2 aromatic carbocycles. The van der Waals surface area contributed by atoms with Crippen LogP contribution in [-0.4, -0.2) is 32.6 Å². The van der Waals surface area contributed by atoms with Crippen LogP contribution in [0.15, 0.2) is 53.9 Å². The molecule has 0 spiro atoms. The van der Waals surface area contributed by atoms with Crippen molar-refractivity contribution in [2.24, 2.45) is 0 Å². The molecule has 0 fully saturated rings. The van der Waals surface area contributed by atoms with Crippen molar-refractivity contribution in [3.8, 4) is 17.0 Å². The SMILES string of the molecule is COc1ccccc1-c1csc2nc(NC(=O)c3cc4cccc(Cl)c4[nH]3)nn12. The van der Waals surface area contributed by atoms with E-state index in [4.69, 9.17) is 16.3 Å². The monoisotopic (exact) mass is 423 g/mol. The number of benzene rings is 2. The van der Waals surface area contributed by atoms with Gasteiger partial charge in [0.2, 0.25) is 4.96 Å². The summed E-state index contributed by atoms with van der Waals surface area (Å²) in [7, 11) is 1.63. The van der Waals surface area contributed by atoms with Crippen LogP contribution in [0, 0.1) is 0 Å². The van der Waals surface area contributed by atoms with Crippen molar-refractivity contribution < 1.29 is 9.53 Å². The lowest BCUT2D eigenvalue weighted by molar-refractivity contribution is 0.102. The molecular formula is C20H14ClN5O2S. The van der Waals surface area contributed by atoms with Crippen molar-refractivity contribution in [1.82, 2.24) is 19.6 Å². The van der Waals surface area contributed by atoms with Gasteiger partial charge in [-0.2, -0.15) is 4.98 Å². The summed E-state index contributed by atoms with van der Waals surface area (Å²) in [6.45, 7) is 0. The van der Waals surface area contributed by atoms with Gasteiger partial charge in [-0.1, -0.05) is 35.9 Å². The van der Waals surface area contributed by atoms with Gasteiger partial charge in [0, 0.05) is 16.3 Å². The fraction of sp³-hybridized carbons (Fsp3) is 0.0500. The second-order valence-electron chi connectivity index (χ2n) is 6.29. The second-order valence-corrected chi connectivity index (χ2v) is 7.54. The Kier molecular flexibility index (Phi) is 4.22. The largest absolute Gasteiger partial charge is 0.496 e. The number of halogens is 1. The molecule has 3 aromatic heterocycles. The molecule has 0 saturated carbocycles. The van der Waals surface area contributed by atoms with E-state index in [0.717, 1.165) is 27.9 Å². The molecular weight excluding hydrogens is 410 g/mol. The number of methoxy groups -OCH3 is 1. The summed E-state index contributed by atoms with van der Waals surface area (Å²) >= 11 is 7.61. The van der Waals surface area contributed by atoms with Gasteiger partial charge in [0.25, 0.3) is 11.9 Å². The molecule has 3 heterocycles. The summed E-state index contributed by atoms with van der Waals surface area (Å²) in [5.74, 6) is 0.625. The van der Waals surface area contributed by atoms with Crippen molar-refractivity contribution in [3.63, 3.8) is 0 Å². The fourth-order valence-electron chi connectivity index (χ4n) is 3.19. The van der Waals surface area contributed by atoms with Gasteiger partial charge >= 0.3 is 0 Å². The van der Waals surface area contributed by atoms with Gasteiger partial charge in [-0.15, -0.1) is 16.4 Å². The maximum Gasteiger partial charge on any atom is 0.274 e. The number of aromatic nitrogens is 4. The number of carbonyl (C=O) groups excluding carboxylic acids is 1. The van der Waals surface area contributed by atoms with Crippen LogP contribution in [-0.2, 0) is 0 Å². The van der Waals surface area contributed by atoms with Gasteiger partial charge in [0.05, 0.1) is 23.3 Å². The molecule has 5 aromatic rings. The molecule has 0 bridgehead atoms. The first-order valence-corrected chi connectivity index (χ1v) is 9.96. The molecule has 1 amide bonds. The number of thiazole rings is 1. The number of amides is 1. The highest BCUT2D eigenvalue weighted by atomic mass is 35.5. The standard InChI is InChI=1S/C20H14ClN5O2S/c1-28-16-8-3-2-6-12(16)15-10-29-20-24-19(25-26(15)20)23-18(27)14-9-11-5-4-7-13(21)17(11)22-14/h2-10,22H,1H3,(H,23,25,27). The van der Waals surface area contributed by atoms with Crippen LogP contribution in [0.5, 0.6) is 5.75 Å². The molecule has 0 radical (unpaired) electrons. The summed E-state index contributed by atoms with van der Waals surface area (Å²) < 4.78 is 7.14. The van der Waals surface area contributed by atoms with Gasteiger partial charge in [-0.25, -0.2) is 4.52 Å². The minimum atomic E-state index is -0.339. The van der Waals surface area contributed by atoms with E-state index in [1.54, 1.807) is 23.8 Å². The third kappa shape index (κ3) is 3.02. The van der Waals surface area contributed by atoms with E-state index < -0.39 is 0 Å². The summed E-state index contributed by atoms with van der Waals surface area (Å²) in [4.78, 5) is 20.8. The smallest absolute Gasteiger partial charge is 0.274 e. The number of aromatic amines is 1. The molecule has 5 rings (SSSR count). The van der Waals surface area contributed by atoms with Crippen LogP contribution in [0.4, 0.5) is 5.95 Å². The molecule has 0 atom stereocenters. The van der Waals surface area contributed by atoms with Gasteiger partial charge in [-0.05, 0) is 24.3 Å². The Hall–Kier alpha value is -3.36. The lowest BCUT2D eigenvalue weighted by atomic mass is 10.1. The average Bonchev–Trinajstić information content (AvgIpc) is 3.42. The minimum absolute atomic E-state index is 0.225. The lowest BCUT2D eigenvalue weighted by Gasteiger charge is -2.06. The molecule has 0 unspecified atom stereocenters. The van der Waals surface area contributed by atoms with Crippen LogP contribution in [0.1, 0.15) is 10.5 Å². The van der Waals surface area contributed by atoms with Crippen LogP contribution in [0.3, 0.4) is 0 Å². The Morgan fingerprint density at radius 1 is 1.24 bits per heavy atom. The van der Waals surface area contributed by atoms with Crippen molar-refractivity contribution >= 4 is 50.7 Å². The summed E-state index contributed by atoms with van der Waals surface area (Å²) in [6, 6.07) is 14.9. The molecule has 0 aliphatic rings. The fourth-order valence-corrected chi connectivity index (χ4v) is 4.24. The molecule has 9 heteroatoms. The number of nitrogens with one attached hydrogen (secondary N) is 2. The Morgan fingerprint density at radius 3 is 2.93 bits per heavy atom.